The average Bonchev–Trinajstić information content (AvgIpc) is 2.28. The minimum Gasteiger partial charge on any atom is -0.352 e. The predicted octanol–water partition coefficient (Wildman–Crippen LogP) is 3.53. The van der Waals surface area contributed by atoms with Gasteiger partial charge in [-0.25, -0.2) is 0 Å². The maximum atomic E-state index is 11.8. The molecule has 2 nitrogen and oxygen atoms in total. The van der Waals surface area contributed by atoms with Crippen LogP contribution in [-0.2, 0) is 11.2 Å². The number of hydrogen-bond donors (Lipinski definition) is 1. The summed E-state index contributed by atoms with van der Waals surface area (Å²) >= 11 is 6.79. The Morgan fingerprint density at radius 3 is 2.35 bits per heavy atom. The molecule has 0 spiro atoms. The van der Waals surface area contributed by atoms with Crippen LogP contribution in [0.5, 0.6) is 0 Å². The lowest BCUT2D eigenvalue weighted by molar-refractivity contribution is -0.121. The average molecular weight is 363 g/mol. The van der Waals surface area contributed by atoms with Crippen molar-refractivity contribution in [3.8, 4) is 0 Å². The van der Waals surface area contributed by atoms with E-state index in [4.69, 9.17) is 0 Å². The van der Waals surface area contributed by atoms with Crippen molar-refractivity contribution in [2.75, 3.05) is 5.33 Å². The maximum absolute atomic E-state index is 11.8. The molecule has 1 N–H and O–H groups in total. The van der Waals surface area contributed by atoms with Gasteiger partial charge in [0.15, 0.2) is 0 Å². The predicted molar refractivity (Wildman–Crippen MR) is 78.4 cm³/mol. The summed E-state index contributed by atoms with van der Waals surface area (Å²) in [5, 5.41) is 3.82. The highest BCUT2D eigenvalue weighted by atomic mass is 79.9. The number of halogens is 2. The van der Waals surface area contributed by atoms with Crippen LogP contribution < -0.4 is 5.32 Å². The lowest BCUT2D eigenvalue weighted by atomic mass is 10.1. The van der Waals surface area contributed by atoms with E-state index in [9.17, 15) is 4.79 Å². The van der Waals surface area contributed by atoms with E-state index in [2.05, 4.69) is 51.0 Å². The monoisotopic (exact) mass is 361 g/mol. The van der Waals surface area contributed by atoms with Crippen molar-refractivity contribution < 1.29 is 4.79 Å². The molecule has 0 fully saturated rings. The Morgan fingerprint density at radius 1 is 1.29 bits per heavy atom. The van der Waals surface area contributed by atoms with Crippen molar-refractivity contribution >= 4 is 37.8 Å². The fraction of sp³-hybridized carbons (Fsp3) is 0.462. The van der Waals surface area contributed by atoms with Gasteiger partial charge in [-0.05, 0) is 23.6 Å². The molecule has 0 bridgehead atoms. The first-order valence-corrected chi connectivity index (χ1v) is 7.54. The van der Waals surface area contributed by atoms with Crippen LogP contribution in [0.1, 0.15) is 19.4 Å². The number of alkyl halides is 1. The van der Waals surface area contributed by atoms with Crippen LogP contribution in [0.3, 0.4) is 0 Å². The second-order valence-corrected chi connectivity index (χ2v) is 5.94. The summed E-state index contributed by atoms with van der Waals surface area (Å²) in [7, 11) is 0. The van der Waals surface area contributed by atoms with Crippen LogP contribution in [0.25, 0.3) is 0 Å². The molecule has 1 unspecified atom stereocenters. The highest BCUT2D eigenvalue weighted by molar-refractivity contribution is 9.10. The van der Waals surface area contributed by atoms with Crippen molar-refractivity contribution in [3.05, 3.63) is 34.3 Å². The third-order valence-corrected chi connectivity index (χ3v) is 3.82. The minimum absolute atomic E-state index is 0.0745. The van der Waals surface area contributed by atoms with Gasteiger partial charge in [0.25, 0.3) is 0 Å². The van der Waals surface area contributed by atoms with Crippen molar-refractivity contribution in [2.24, 2.45) is 5.92 Å². The van der Waals surface area contributed by atoms with Gasteiger partial charge in [-0.3, -0.25) is 4.79 Å². The zero-order valence-corrected chi connectivity index (χ0v) is 13.2. The van der Waals surface area contributed by atoms with Gasteiger partial charge >= 0.3 is 0 Å². The number of carbonyl (C=O) groups excluding carboxylic acids is 1. The molecule has 0 saturated heterocycles. The SMILES string of the molecule is CC(C)C(CBr)NC(=O)Cc1ccc(Br)cc1. The van der Waals surface area contributed by atoms with Crippen molar-refractivity contribution in [2.45, 2.75) is 26.3 Å². The molecule has 1 atom stereocenters. The molecular weight excluding hydrogens is 346 g/mol. The van der Waals surface area contributed by atoms with Crippen molar-refractivity contribution in [1.29, 1.82) is 0 Å². The third kappa shape index (κ3) is 5.21. The molecular formula is C13H17Br2NO. The molecule has 1 aromatic rings. The lowest BCUT2D eigenvalue weighted by Crippen LogP contribution is -2.40. The molecule has 0 radical (unpaired) electrons. The summed E-state index contributed by atoms with van der Waals surface area (Å²) in [5.74, 6) is 0.508. The number of amides is 1. The zero-order valence-electron chi connectivity index (χ0n) is 10.0. The van der Waals surface area contributed by atoms with E-state index in [0.29, 0.717) is 12.3 Å². The first-order valence-electron chi connectivity index (χ1n) is 5.62. The summed E-state index contributed by atoms with van der Waals surface area (Å²) in [5.41, 5.74) is 1.03. The maximum Gasteiger partial charge on any atom is 0.224 e. The summed E-state index contributed by atoms with van der Waals surface area (Å²) in [6.07, 6.45) is 0.434. The molecule has 0 aliphatic heterocycles. The van der Waals surface area contributed by atoms with Crippen LogP contribution in [0, 0.1) is 5.92 Å². The van der Waals surface area contributed by atoms with Crippen LogP contribution in [0.15, 0.2) is 28.7 Å². The summed E-state index contributed by atoms with van der Waals surface area (Å²) in [6.45, 7) is 4.21. The van der Waals surface area contributed by atoms with E-state index in [-0.39, 0.29) is 11.9 Å². The highest BCUT2D eigenvalue weighted by Gasteiger charge is 2.14. The Labute approximate surface area is 119 Å². The molecule has 17 heavy (non-hydrogen) atoms. The third-order valence-electron chi connectivity index (χ3n) is 2.60. The van der Waals surface area contributed by atoms with Gasteiger partial charge in [-0.15, -0.1) is 0 Å². The Morgan fingerprint density at radius 2 is 1.88 bits per heavy atom. The van der Waals surface area contributed by atoms with Gasteiger partial charge in [0.05, 0.1) is 6.42 Å². The van der Waals surface area contributed by atoms with E-state index in [1.165, 1.54) is 0 Å². The van der Waals surface area contributed by atoms with Gasteiger partial charge < -0.3 is 5.32 Å². The number of benzene rings is 1. The van der Waals surface area contributed by atoms with E-state index in [1.54, 1.807) is 0 Å². The standard InChI is InChI=1S/C13H17Br2NO/c1-9(2)12(8-14)16-13(17)7-10-3-5-11(15)6-4-10/h3-6,9,12H,7-8H2,1-2H3,(H,16,17). The Hall–Kier alpha value is -0.350. The topological polar surface area (TPSA) is 29.1 Å². The van der Waals surface area contributed by atoms with Crippen molar-refractivity contribution in [1.82, 2.24) is 5.32 Å². The fourth-order valence-electron chi connectivity index (χ4n) is 1.43. The van der Waals surface area contributed by atoms with E-state index < -0.39 is 0 Å². The lowest BCUT2D eigenvalue weighted by Gasteiger charge is -2.19. The molecule has 4 heteroatoms. The van der Waals surface area contributed by atoms with Crippen LogP contribution >= 0.6 is 31.9 Å². The summed E-state index contributed by atoms with van der Waals surface area (Å²) in [6, 6.07) is 8.02. The van der Waals surface area contributed by atoms with Crippen LogP contribution in [0.4, 0.5) is 0 Å². The molecule has 1 aromatic carbocycles. The molecule has 0 aliphatic carbocycles. The summed E-state index contributed by atoms with van der Waals surface area (Å²) in [4.78, 5) is 11.8. The van der Waals surface area contributed by atoms with Gasteiger partial charge in [0.2, 0.25) is 5.91 Å². The molecule has 1 rings (SSSR count). The Balaban J connectivity index is 2.52. The van der Waals surface area contributed by atoms with Crippen LogP contribution in [0.2, 0.25) is 0 Å². The normalized spacial score (nSPS) is 12.5. The van der Waals surface area contributed by atoms with Gasteiger partial charge in [-0.1, -0.05) is 57.8 Å². The molecule has 1 amide bonds. The Bertz CT molecular complexity index is 362. The van der Waals surface area contributed by atoms with Crippen LogP contribution in [-0.4, -0.2) is 17.3 Å². The first-order chi connectivity index (χ1) is 8.02. The molecule has 94 valence electrons. The largest absolute Gasteiger partial charge is 0.352 e. The highest BCUT2D eigenvalue weighted by Crippen LogP contribution is 2.11. The number of rotatable bonds is 5. The fourth-order valence-corrected chi connectivity index (χ4v) is 2.60. The smallest absolute Gasteiger partial charge is 0.224 e. The van der Waals surface area contributed by atoms with E-state index >= 15 is 0 Å². The van der Waals surface area contributed by atoms with Crippen molar-refractivity contribution in [3.63, 3.8) is 0 Å². The molecule has 0 aliphatic rings. The van der Waals surface area contributed by atoms with Gasteiger partial charge in [-0.2, -0.15) is 0 Å². The molecule has 0 heterocycles. The van der Waals surface area contributed by atoms with E-state index in [1.807, 2.05) is 24.3 Å². The second-order valence-electron chi connectivity index (χ2n) is 4.38. The van der Waals surface area contributed by atoms with E-state index in [0.717, 1.165) is 15.4 Å². The van der Waals surface area contributed by atoms with Gasteiger partial charge in [0.1, 0.15) is 0 Å². The minimum atomic E-state index is 0.0745. The number of nitrogens with one attached hydrogen (secondary N) is 1. The quantitative estimate of drug-likeness (QED) is 0.797. The molecule has 0 aromatic heterocycles. The summed E-state index contributed by atoms with van der Waals surface area (Å²) < 4.78 is 1.03. The Kier molecular flexibility index (Phi) is 6.20. The first kappa shape index (κ1) is 14.7. The number of carbonyl (C=O) groups is 1. The molecule has 0 saturated carbocycles. The second kappa shape index (κ2) is 7.17. The van der Waals surface area contributed by atoms with Gasteiger partial charge in [0, 0.05) is 15.8 Å². The zero-order chi connectivity index (χ0) is 12.8. The number of hydrogen-bond acceptors (Lipinski definition) is 1.